The largest absolute Gasteiger partial charge is 0.459 e. The van der Waals surface area contributed by atoms with Gasteiger partial charge >= 0.3 is 5.97 Å². The summed E-state index contributed by atoms with van der Waals surface area (Å²) in [5, 5.41) is 11.6. The minimum Gasteiger partial charge on any atom is -0.459 e. The fraction of sp³-hybridized carbons (Fsp3) is 0.435. The Morgan fingerprint density at radius 3 is 2.04 bits per heavy atom. The Bertz CT molecular complexity index is 934. The van der Waals surface area contributed by atoms with Gasteiger partial charge in [-0.25, -0.2) is 4.79 Å². The molecule has 3 fully saturated rings. The van der Waals surface area contributed by atoms with E-state index in [1.54, 1.807) is 0 Å². The second kappa shape index (κ2) is 5.23. The second-order valence-corrected chi connectivity index (χ2v) is 9.13. The summed E-state index contributed by atoms with van der Waals surface area (Å²) in [5.41, 5.74) is 1.28. The maximum atomic E-state index is 13.3. The third-order valence-corrected chi connectivity index (χ3v) is 7.53. The first-order valence-electron chi connectivity index (χ1n) is 10.0. The van der Waals surface area contributed by atoms with E-state index in [0.717, 1.165) is 28.5 Å². The number of aliphatic hydroxyl groups is 1. The highest BCUT2D eigenvalue weighted by Crippen LogP contribution is 2.53. The molecule has 3 unspecified atom stereocenters. The van der Waals surface area contributed by atoms with Crippen LogP contribution in [0.15, 0.2) is 48.5 Å². The molecular weight excluding hydrogens is 354 g/mol. The van der Waals surface area contributed by atoms with Crippen molar-refractivity contribution >= 4 is 5.97 Å². The molecule has 1 N–H and O–H groups in total. The van der Waals surface area contributed by atoms with Gasteiger partial charge in [-0.1, -0.05) is 48.5 Å². The molecule has 5 atom stereocenters. The van der Waals surface area contributed by atoms with Crippen LogP contribution in [0.3, 0.4) is 0 Å². The lowest BCUT2D eigenvalue weighted by Gasteiger charge is -2.45. The number of likely N-dealkylation sites (N-methyl/N-ethyl adjacent to an activating group) is 1. The number of carbonyl (C=O) groups excluding carboxylic acids is 1. The number of piperidine rings is 1. The SMILES string of the molecule is C[N+]1(C)C2CC(OC(=O)C3(O)c4ccccc4-c4ccccc43)C[C@H]1[C@H]1OC21. The first-order chi connectivity index (χ1) is 13.4. The van der Waals surface area contributed by atoms with Crippen molar-refractivity contribution < 1.29 is 23.9 Å². The van der Waals surface area contributed by atoms with Gasteiger partial charge in [0.05, 0.1) is 14.1 Å². The van der Waals surface area contributed by atoms with Crippen molar-refractivity contribution in [2.24, 2.45) is 0 Å². The predicted octanol–water partition coefficient (Wildman–Crippen LogP) is 2.20. The van der Waals surface area contributed by atoms with E-state index in [4.69, 9.17) is 9.47 Å². The van der Waals surface area contributed by atoms with Gasteiger partial charge in [0.15, 0.2) is 0 Å². The molecular formula is C23H24NO4+. The van der Waals surface area contributed by atoms with Crippen LogP contribution >= 0.6 is 0 Å². The van der Waals surface area contributed by atoms with E-state index in [-0.39, 0.29) is 6.10 Å². The van der Waals surface area contributed by atoms with E-state index in [0.29, 0.717) is 35.4 Å². The summed E-state index contributed by atoms with van der Waals surface area (Å²) in [4.78, 5) is 13.3. The number of hydrogen-bond acceptors (Lipinski definition) is 4. The zero-order valence-electron chi connectivity index (χ0n) is 16.0. The summed E-state index contributed by atoms with van der Waals surface area (Å²) in [7, 11) is 4.50. The molecule has 2 aromatic rings. The van der Waals surface area contributed by atoms with Gasteiger partial charge in [0.1, 0.15) is 30.4 Å². The number of benzene rings is 2. The molecule has 144 valence electrons. The fourth-order valence-electron chi connectivity index (χ4n) is 5.97. The molecule has 0 spiro atoms. The van der Waals surface area contributed by atoms with Crippen LogP contribution in [0.2, 0.25) is 0 Å². The molecule has 3 aliphatic heterocycles. The Kier molecular flexibility index (Phi) is 3.12. The molecule has 6 rings (SSSR count). The molecule has 28 heavy (non-hydrogen) atoms. The van der Waals surface area contributed by atoms with Crippen molar-refractivity contribution in [3.63, 3.8) is 0 Å². The number of rotatable bonds is 2. The lowest BCUT2D eigenvalue weighted by atomic mass is 9.91. The van der Waals surface area contributed by atoms with Crippen LogP contribution in [0.1, 0.15) is 24.0 Å². The molecule has 0 radical (unpaired) electrons. The van der Waals surface area contributed by atoms with Gasteiger partial charge in [-0.2, -0.15) is 0 Å². The Balaban J connectivity index is 1.33. The minimum absolute atomic E-state index is 0.172. The van der Waals surface area contributed by atoms with Crippen molar-refractivity contribution in [1.29, 1.82) is 0 Å². The summed E-state index contributed by atoms with van der Waals surface area (Å²) in [6.45, 7) is 0. The molecule has 5 nitrogen and oxygen atoms in total. The van der Waals surface area contributed by atoms with E-state index < -0.39 is 11.6 Å². The Morgan fingerprint density at radius 1 is 1.00 bits per heavy atom. The molecule has 0 saturated carbocycles. The molecule has 0 aromatic heterocycles. The summed E-state index contributed by atoms with van der Waals surface area (Å²) in [6, 6.07) is 15.8. The van der Waals surface area contributed by atoms with Gasteiger partial charge in [0.2, 0.25) is 5.60 Å². The quantitative estimate of drug-likeness (QED) is 0.495. The standard InChI is InChI=1S/C23H24NO4/c1-24(2)18-11-13(12-19(24)21-20(18)28-21)27-22(25)23(26)16-9-5-3-7-14(16)15-8-4-6-10-17(15)23/h3-10,13,18-21,26H,11-12H2,1-2H3/q+1/t13?,18-,19?,20+,21?/m0/s1. The maximum absolute atomic E-state index is 13.3. The first kappa shape index (κ1) is 16.7. The van der Waals surface area contributed by atoms with Crippen LogP contribution in [-0.4, -0.2) is 60.0 Å². The smallest absolute Gasteiger partial charge is 0.348 e. The van der Waals surface area contributed by atoms with E-state index in [9.17, 15) is 9.90 Å². The first-order valence-corrected chi connectivity index (χ1v) is 10.0. The van der Waals surface area contributed by atoms with Crippen molar-refractivity contribution in [3.05, 3.63) is 59.7 Å². The summed E-state index contributed by atoms with van der Waals surface area (Å²) < 4.78 is 12.7. The summed E-state index contributed by atoms with van der Waals surface area (Å²) in [5.74, 6) is -0.559. The lowest BCUT2D eigenvalue weighted by Crippen LogP contribution is -2.60. The molecule has 0 amide bonds. The van der Waals surface area contributed by atoms with Gasteiger partial charge in [0, 0.05) is 24.0 Å². The number of ether oxygens (including phenoxy) is 2. The van der Waals surface area contributed by atoms with E-state index in [1.165, 1.54) is 0 Å². The fourth-order valence-corrected chi connectivity index (χ4v) is 5.97. The van der Waals surface area contributed by atoms with Gasteiger partial charge in [-0.3, -0.25) is 0 Å². The molecule has 2 aromatic carbocycles. The molecule has 3 heterocycles. The number of morpholine rings is 1. The number of nitrogens with zero attached hydrogens (tertiary/aromatic N) is 1. The highest BCUT2D eigenvalue weighted by Gasteiger charge is 2.71. The van der Waals surface area contributed by atoms with Crippen molar-refractivity contribution in [3.8, 4) is 11.1 Å². The van der Waals surface area contributed by atoms with Gasteiger partial charge in [-0.15, -0.1) is 0 Å². The van der Waals surface area contributed by atoms with Crippen LogP contribution in [0, 0.1) is 0 Å². The van der Waals surface area contributed by atoms with E-state index in [1.807, 2.05) is 48.5 Å². The maximum Gasteiger partial charge on any atom is 0.348 e. The molecule has 3 saturated heterocycles. The van der Waals surface area contributed by atoms with Crippen molar-refractivity contribution in [2.75, 3.05) is 14.1 Å². The van der Waals surface area contributed by atoms with Crippen LogP contribution < -0.4 is 0 Å². The van der Waals surface area contributed by atoms with Crippen LogP contribution in [0.5, 0.6) is 0 Å². The van der Waals surface area contributed by atoms with Gasteiger partial charge in [0.25, 0.3) is 0 Å². The molecule has 4 aliphatic rings. The summed E-state index contributed by atoms with van der Waals surface area (Å²) in [6.07, 6.45) is 2.01. The van der Waals surface area contributed by atoms with Crippen LogP contribution in [-0.2, 0) is 19.9 Å². The van der Waals surface area contributed by atoms with Crippen LogP contribution in [0.4, 0.5) is 0 Å². The highest BCUT2D eigenvalue weighted by atomic mass is 16.6. The molecule has 5 heteroatoms. The predicted molar refractivity (Wildman–Crippen MR) is 102 cm³/mol. The normalized spacial score (nSPS) is 34.9. The Hall–Kier alpha value is -2.21. The van der Waals surface area contributed by atoms with E-state index >= 15 is 0 Å². The third kappa shape index (κ3) is 1.94. The Morgan fingerprint density at radius 2 is 1.50 bits per heavy atom. The third-order valence-electron chi connectivity index (χ3n) is 7.53. The van der Waals surface area contributed by atoms with Gasteiger partial charge < -0.3 is 19.1 Å². The number of fused-ring (bicyclic) bond motifs is 8. The topological polar surface area (TPSA) is 59.1 Å². The minimum atomic E-state index is -1.74. The average Bonchev–Trinajstić information content (AvgIpc) is 3.40. The number of hydrogen-bond donors (Lipinski definition) is 1. The monoisotopic (exact) mass is 378 g/mol. The number of epoxide rings is 1. The Labute approximate surface area is 164 Å². The number of quaternary nitrogens is 1. The van der Waals surface area contributed by atoms with Crippen molar-refractivity contribution in [2.45, 2.75) is 48.8 Å². The molecule has 1 aliphatic carbocycles. The second-order valence-electron chi connectivity index (χ2n) is 9.13. The number of esters is 1. The average molecular weight is 378 g/mol. The van der Waals surface area contributed by atoms with Gasteiger partial charge in [-0.05, 0) is 11.1 Å². The molecule has 2 bridgehead atoms. The van der Waals surface area contributed by atoms with E-state index in [2.05, 4.69) is 14.1 Å². The summed E-state index contributed by atoms with van der Waals surface area (Å²) >= 11 is 0. The van der Waals surface area contributed by atoms with Crippen LogP contribution in [0.25, 0.3) is 11.1 Å². The zero-order valence-corrected chi connectivity index (χ0v) is 16.0. The zero-order chi connectivity index (χ0) is 19.3. The van der Waals surface area contributed by atoms with Crippen molar-refractivity contribution in [1.82, 2.24) is 0 Å². The highest BCUT2D eigenvalue weighted by molar-refractivity contribution is 5.96. The lowest BCUT2D eigenvalue weighted by molar-refractivity contribution is -0.938. The number of carbonyl (C=O) groups is 1.